The Labute approximate surface area is 105 Å². The number of aryl methyl sites for hydroxylation is 1. The van der Waals surface area contributed by atoms with E-state index < -0.39 is 11.9 Å². The van der Waals surface area contributed by atoms with Crippen molar-refractivity contribution in [2.75, 3.05) is 13.1 Å². The quantitative estimate of drug-likeness (QED) is 0.845. The highest BCUT2D eigenvalue weighted by Crippen LogP contribution is 2.15. The number of aliphatic carboxylic acids is 1. The third kappa shape index (κ3) is 2.61. The minimum atomic E-state index is -0.835. The molecule has 0 radical (unpaired) electrons. The molecule has 1 aromatic rings. The van der Waals surface area contributed by atoms with Crippen molar-refractivity contribution in [1.82, 2.24) is 10.2 Å². The SMILES string of the molecule is Cc1ccccc1CNC(=O)N1CC(C(=O)O)C1. The van der Waals surface area contributed by atoms with Gasteiger partial charge in [0.2, 0.25) is 0 Å². The summed E-state index contributed by atoms with van der Waals surface area (Å²) in [5, 5.41) is 11.5. The van der Waals surface area contributed by atoms with E-state index in [1.807, 2.05) is 31.2 Å². The van der Waals surface area contributed by atoms with Crippen LogP contribution >= 0.6 is 0 Å². The maximum atomic E-state index is 11.7. The van der Waals surface area contributed by atoms with Gasteiger partial charge in [-0.25, -0.2) is 4.79 Å². The summed E-state index contributed by atoms with van der Waals surface area (Å²) < 4.78 is 0. The number of hydrogen-bond donors (Lipinski definition) is 2. The summed E-state index contributed by atoms with van der Waals surface area (Å²) >= 11 is 0. The lowest BCUT2D eigenvalue weighted by Gasteiger charge is -2.36. The Morgan fingerprint density at radius 2 is 2.06 bits per heavy atom. The molecule has 5 nitrogen and oxygen atoms in total. The lowest BCUT2D eigenvalue weighted by atomic mass is 10.0. The van der Waals surface area contributed by atoms with E-state index >= 15 is 0 Å². The molecule has 0 unspecified atom stereocenters. The van der Waals surface area contributed by atoms with Crippen molar-refractivity contribution in [2.24, 2.45) is 5.92 Å². The predicted molar refractivity (Wildman–Crippen MR) is 66.1 cm³/mol. The maximum Gasteiger partial charge on any atom is 0.317 e. The van der Waals surface area contributed by atoms with Crippen molar-refractivity contribution in [2.45, 2.75) is 13.5 Å². The second-order valence-electron chi connectivity index (χ2n) is 4.53. The fourth-order valence-electron chi connectivity index (χ4n) is 1.89. The predicted octanol–water partition coefficient (Wildman–Crippen LogP) is 1.22. The molecule has 2 rings (SSSR count). The second kappa shape index (κ2) is 5.08. The van der Waals surface area contributed by atoms with Crippen molar-refractivity contribution < 1.29 is 14.7 Å². The zero-order valence-electron chi connectivity index (χ0n) is 10.2. The van der Waals surface area contributed by atoms with Crippen LogP contribution in [0.4, 0.5) is 4.79 Å². The highest BCUT2D eigenvalue weighted by Gasteiger charge is 2.35. The summed E-state index contributed by atoms with van der Waals surface area (Å²) in [4.78, 5) is 23.8. The van der Waals surface area contributed by atoms with E-state index in [-0.39, 0.29) is 6.03 Å². The molecule has 1 aliphatic heterocycles. The molecule has 1 heterocycles. The number of rotatable bonds is 3. The van der Waals surface area contributed by atoms with Gasteiger partial charge in [-0.1, -0.05) is 24.3 Å². The van der Waals surface area contributed by atoms with Gasteiger partial charge < -0.3 is 15.3 Å². The van der Waals surface area contributed by atoms with Gasteiger partial charge in [0.25, 0.3) is 0 Å². The van der Waals surface area contributed by atoms with Crippen LogP contribution in [0.15, 0.2) is 24.3 Å². The number of nitrogens with zero attached hydrogens (tertiary/aromatic N) is 1. The lowest BCUT2D eigenvalue weighted by Crippen LogP contribution is -2.56. The first kappa shape index (κ1) is 12.4. The first-order valence-corrected chi connectivity index (χ1v) is 5.88. The second-order valence-corrected chi connectivity index (χ2v) is 4.53. The Morgan fingerprint density at radius 1 is 1.39 bits per heavy atom. The van der Waals surface area contributed by atoms with Crippen LogP contribution in [0.3, 0.4) is 0 Å². The summed E-state index contributed by atoms with van der Waals surface area (Å²) in [6.45, 7) is 3.06. The van der Waals surface area contributed by atoms with E-state index in [1.165, 1.54) is 4.90 Å². The van der Waals surface area contributed by atoms with Gasteiger partial charge in [0, 0.05) is 19.6 Å². The van der Waals surface area contributed by atoms with E-state index in [1.54, 1.807) is 0 Å². The minimum Gasteiger partial charge on any atom is -0.481 e. The van der Waals surface area contributed by atoms with Crippen LogP contribution in [0, 0.1) is 12.8 Å². The number of nitrogens with one attached hydrogen (secondary N) is 1. The zero-order chi connectivity index (χ0) is 13.1. The van der Waals surface area contributed by atoms with Crippen LogP contribution in [0.2, 0.25) is 0 Å². The molecule has 2 N–H and O–H groups in total. The van der Waals surface area contributed by atoms with E-state index in [2.05, 4.69) is 5.32 Å². The molecule has 2 amide bonds. The molecule has 18 heavy (non-hydrogen) atoms. The summed E-state index contributed by atoms with van der Waals surface area (Å²) in [5.41, 5.74) is 2.20. The normalized spacial score (nSPS) is 15.1. The topological polar surface area (TPSA) is 69.6 Å². The van der Waals surface area contributed by atoms with Crippen LogP contribution < -0.4 is 5.32 Å². The van der Waals surface area contributed by atoms with Crippen LogP contribution in [0.1, 0.15) is 11.1 Å². The number of likely N-dealkylation sites (tertiary alicyclic amines) is 1. The van der Waals surface area contributed by atoms with Gasteiger partial charge in [-0.2, -0.15) is 0 Å². The van der Waals surface area contributed by atoms with Crippen molar-refractivity contribution >= 4 is 12.0 Å². The molecule has 0 aliphatic carbocycles. The molecule has 0 atom stereocenters. The van der Waals surface area contributed by atoms with Crippen molar-refractivity contribution in [3.05, 3.63) is 35.4 Å². The fraction of sp³-hybridized carbons (Fsp3) is 0.385. The summed E-state index contributed by atoms with van der Waals surface area (Å²) in [7, 11) is 0. The van der Waals surface area contributed by atoms with Gasteiger partial charge in [0.15, 0.2) is 0 Å². The number of amides is 2. The molecule has 96 valence electrons. The average Bonchev–Trinajstić information content (AvgIpc) is 2.25. The number of carbonyl (C=O) groups is 2. The van der Waals surface area contributed by atoms with E-state index in [0.717, 1.165) is 11.1 Å². The van der Waals surface area contributed by atoms with Gasteiger partial charge in [-0.05, 0) is 18.1 Å². The Balaban J connectivity index is 1.80. The van der Waals surface area contributed by atoms with Crippen LogP contribution in [0.25, 0.3) is 0 Å². The largest absolute Gasteiger partial charge is 0.481 e. The van der Waals surface area contributed by atoms with Gasteiger partial charge in [-0.3, -0.25) is 4.79 Å². The van der Waals surface area contributed by atoms with Crippen LogP contribution in [-0.2, 0) is 11.3 Å². The highest BCUT2D eigenvalue weighted by atomic mass is 16.4. The Kier molecular flexibility index (Phi) is 3.50. The number of hydrogen-bond acceptors (Lipinski definition) is 2. The average molecular weight is 248 g/mol. The molecular weight excluding hydrogens is 232 g/mol. The van der Waals surface area contributed by atoms with Gasteiger partial charge >= 0.3 is 12.0 Å². The Bertz CT molecular complexity index is 467. The highest BCUT2D eigenvalue weighted by molar-refractivity contribution is 5.79. The first-order chi connectivity index (χ1) is 8.58. The van der Waals surface area contributed by atoms with Crippen molar-refractivity contribution in [3.63, 3.8) is 0 Å². The molecule has 1 saturated heterocycles. The number of carbonyl (C=O) groups excluding carboxylic acids is 1. The summed E-state index contributed by atoms with van der Waals surface area (Å²) in [5.74, 6) is -1.24. The van der Waals surface area contributed by atoms with E-state index in [0.29, 0.717) is 19.6 Å². The molecule has 5 heteroatoms. The molecule has 0 saturated carbocycles. The van der Waals surface area contributed by atoms with Crippen LogP contribution in [-0.4, -0.2) is 35.1 Å². The number of urea groups is 1. The number of benzene rings is 1. The van der Waals surface area contributed by atoms with Crippen LogP contribution in [0.5, 0.6) is 0 Å². The monoisotopic (exact) mass is 248 g/mol. The zero-order valence-corrected chi connectivity index (χ0v) is 10.2. The molecule has 1 aliphatic rings. The number of carboxylic acids is 1. The third-order valence-electron chi connectivity index (χ3n) is 3.21. The van der Waals surface area contributed by atoms with Crippen molar-refractivity contribution in [1.29, 1.82) is 0 Å². The van der Waals surface area contributed by atoms with Gasteiger partial charge in [-0.15, -0.1) is 0 Å². The van der Waals surface area contributed by atoms with Gasteiger partial charge in [0.1, 0.15) is 0 Å². The number of carboxylic acid groups (broad SMARTS) is 1. The molecule has 1 aromatic carbocycles. The third-order valence-corrected chi connectivity index (χ3v) is 3.21. The maximum absolute atomic E-state index is 11.7. The molecule has 0 spiro atoms. The Morgan fingerprint density at radius 3 is 2.67 bits per heavy atom. The molecular formula is C13H16N2O3. The minimum absolute atomic E-state index is 0.198. The smallest absolute Gasteiger partial charge is 0.317 e. The van der Waals surface area contributed by atoms with E-state index in [4.69, 9.17) is 5.11 Å². The summed E-state index contributed by atoms with van der Waals surface area (Å²) in [6, 6.07) is 7.64. The van der Waals surface area contributed by atoms with Gasteiger partial charge in [0.05, 0.1) is 5.92 Å². The molecule has 0 bridgehead atoms. The fourth-order valence-corrected chi connectivity index (χ4v) is 1.89. The standard InChI is InChI=1S/C13H16N2O3/c1-9-4-2-3-5-10(9)6-14-13(18)15-7-11(8-15)12(16)17/h2-5,11H,6-8H2,1H3,(H,14,18)(H,16,17). The lowest BCUT2D eigenvalue weighted by molar-refractivity contribution is -0.146. The molecule has 1 fully saturated rings. The first-order valence-electron chi connectivity index (χ1n) is 5.88. The van der Waals surface area contributed by atoms with Crippen molar-refractivity contribution in [3.8, 4) is 0 Å². The van der Waals surface area contributed by atoms with E-state index in [9.17, 15) is 9.59 Å². The summed E-state index contributed by atoms with van der Waals surface area (Å²) in [6.07, 6.45) is 0. The molecule has 0 aromatic heterocycles. The Hall–Kier alpha value is -2.04.